The van der Waals surface area contributed by atoms with Gasteiger partial charge in [-0.25, -0.2) is 0 Å². The van der Waals surface area contributed by atoms with Crippen molar-refractivity contribution in [2.75, 3.05) is 10.6 Å². The summed E-state index contributed by atoms with van der Waals surface area (Å²) in [4.78, 5) is 12.7. The number of hydrogen-bond acceptors (Lipinski definition) is 3. The van der Waals surface area contributed by atoms with Crippen LogP contribution in [0.15, 0.2) is 41.8 Å². The second kappa shape index (κ2) is 4.81. The Morgan fingerprint density at radius 3 is 2.62 bits per heavy atom. The van der Waals surface area contributed by atoms with Crippen molar-refractivity contribution in [3.8, 4) is 0 Å². The van der Waals surface area contributed by atoms with Crippen LogP contribution in [0.1, 0.15) is 5.56 Å². The number of nitrogens with zero attached hydrogens (tertiary/aromatic N) is 1. The van der Waals surface area contributed by atoms with Crippen molar-refractivity contribution in [3.63, 3.8) is 0 Å². The van der Waals surface area contributed by atoms with Gasteiger partial charge in [0, 0.05) is 11.1 Å². The van der Waals surface area contributed by atoms with E-state index >= 15 is 0 Å². The van der Waals surface area contributed by atoms with Gasteiger partial charge in [0.15, 0.2) is 0 Å². The highest BCUT2D eigenvalue weighted by molar-refractivity contribution is 7.14. The van der Waals surface area contributed by atoms with Gasteiger partial charge in [0.05, 0.1) is 11.5 Å². The second-order valence-corrected chi connectivity index (χ2v) is 4.33. The summed E-state index contributed by atoms with van der Waals surface area (Å²) in [6.07, 6.45) is 0.832. The first-order valence-corrected chi connectivity index (χ1v) is 5.77. The second-order valence-electron chi connectivity index (χ2n) is 3.44. The monoisotopic (exact) mass is 232 g/mol. The Hall–Kier alpha value is -1.81. The third-order valence-corrected chi connectivity index (χ3v) is 3.20. The summed E-state index contributed by atoms with van der Waals surface area (Å²) in [6, 6.07) is 11.7. The minimum Gasteiger partial charge on any atom is -0.398 e. The molecular weight excluding hydrogens is 220 g/mol. The molecular formula is C12H12N2OS. The molecule has 1 amide bonds. The first-order valence-electron chi connectivity index (χ1n) is 4.89. The van der Waals surface area contributed by atoms with Crippen molar-refractivity contribution in [1.29, 1.82) is 0 Å². The normalized spacial score (nSPS) is 10.0. The highest BCUT2D eigenvalue weighted by Gasteiger charge is 2.07. The molecule has 3 nitrogen and oxygen atoms in total. The smallest absolute Gasteiger partial charge is 0.215 e. The van der Waals surface area contributed by atoms with Crippen LogP contribution in [0, 0.1) is 0 Å². The molecule has 4 heteroatoms. The zero-order valence-electron chi connectivity index (χ0n) is 8.67. The quantitative estimate of drug-likeness (QED) is 0.823. The predicted octanol–water partition coefficient (Wildman–Crippen LogP) is 2.49. The summed E-state index contributed by atoms with van der Waals surface area (Å²) in [6.45, 7) is 0.574. The number of carbonyl (C=O) groups is 1. The van der Waals surface area contributed by atoms with Crippen molar-refractivity contribution in [2.24, 2.45) is 0 Å². The molecule has 0 atom stereocenters. The van der Waals surface area contributed by atoms with Crippen molar-refractivity contribution < 1.29 is 4.79 Å². The largest absolute Gasteiger partial charge is 0.398 e. The fraction of sp³-hybridized carbons (Fsp3) is 0.0833. The number of nitrogens with two attached hydrogens (primary N) is 1. The summed E-state index contributed by atoms with van der Waals surface area (Å²) in [5.74, 6) is 0. The Labute approximate surface area is 98.1 Å². The van der Waals surface area contributed by atoms with Gasteiger partial charge in [0.1, 0.15) is 0 Å². The summed E-state index contributed by atoms with van der Waals surface area (Å²) in [5.41, 5.74) is 7.43. The molecule has 0 bridgehead atoms. The average molecular weight is 232 g/mol. The zero-order valence-corrected chi connectivity index (χ0v) is 9.48. The fourth-order valence-electron chi connectivity index (χ4n) is 1.44. The van der Waals surface area contributed by atoms with Crippen molar-refractivity contribution in [2.45, 2.75) is 6.54 Å². The number of amides is 1. The van der Waals surface area contributed by atoms with Gasteiger partial charge in [-0.3, -0.25) is 4.79 Å². The molecule has 0 radical (unpaired) electrons. The van der Waals surface area contributed by atoms with Crippen LogP contribution in [0.5, 0.6) is 0 Å². The van der Waals surface area contributed by atoms with Gasteiger partial charge < -0.3 is 10.6 Å². The van der Waals surface area contributed by atoms with Gasteiger partial charge >= 0.3 is 0 Å². The SMILES string of the molecule is Nc1csc(N(C=O)Cc2ccccc2)c1. The van der Waals surface area contributed by atoms with E-state index in [1.165, 1.54) is 11.3 Å². The van der Waals surface area contributed by atoms with E-state index < -0.39 is 0 Å². The van der Waals surface area contributed by atoms with Crippen LogP contribution >= 0.6 is 11.3 Å². The number of anilines is 2. The maximum atomic E-state index is 11.0. The van der Waals surface area contributed by atoms with Gasteiger partial charge in [0.25, 0.3) is 0 Å². The van der Waals surface area contributed by atoms with E-state index in [1.54, 1.807) is 4.90 Å². The van der Waals surface area contributed by atoms with Gasteiger partial charge in [-0.05, 0) is 11.6 Å². The minimum atomic E-state index is 0.574. The summed E-state index contributed by atoms with van der Waals surface area (Å²) < 4.78 is 0. The van der Waals surface area contributed by atoms with Crippen LogP contribution in [0.2, 0.25) is 0 Å². The van der Waals surface area contributed by atoms with E-state index in [-0.39, 0.29) is 0 Å². The van der Waals surface area contributed by atoms with Crippen LogP contribution < -0.4 is 10.6 Å². The first-order chi connectivity index (χ1) is 7.79. The lowest BCUT2D eigenvalue weighted by atomic mass is 10.2. The highest BCUT2D eigenvalue weighted by Crippen LogP contribution is 2.26. The lowest BCUT2D eigenvalue weighted by Gasteiger charge is -2.14. The zero-order chi connectivity index (χ0) is 11.4. The van der Waals surface area contributed by atoms with Crippen LogP contribution in [-0.4, -0.2) is 6.41 Å². The number of hydrogen-bond donors (Lipinski definition) is 1. The third kappa shape index (κ3) is 2.41. The van der Waals surface area contributed by atoms with Gasteiger partial charge in [-0.2, -0.15) is 0 Å². The average Bonchev–Trinajstić information content (AvgIpc) is 2.74. The number of thiophene rings is 1. The molecule has 0 saturated heterocycles. The molecule has 16 heavy (non-hydrogen) atoms. The van der Waals surface area contributed by atoms with Crippen LogP contribution in [0.25, 0.3) is 0 Å². The molecule has 1 aromatic heterocycles. The molecule has 0 aliphatic rings. The lowest BCUT2D eigenvalue weighted by molar-refractivity contribution is -0.107. The van der Waals surface area contributed by atoms with Crippen molar-refractivity contribution >= 4 is 28.4 Å². The molecule has 2 rings (SSSR count). The van der Waals surface area contributed by atoms with Crippen LogP contribution in [-0.2, 0) is 11.3 Å². The predicted molar refractivity (Wildman–Crippen MR) is 67.4 cm³/mol. The highest BCUT2D eigenvalue weighted by atomic mass is 32.1. The number of rotatable bonds is 4. The molecule has 0 aliphatic carbocycles. The number of nitrogen functional groups attached to an aromatic ring is 1. The lowest BCUT2D eigenvalue weighted by Crippen LogP contribution is -2.18. The molecule has 1 aromatic carbocycles. The molecule has 0 spiro atoms. The Bertz CT molecular complexity index is 467. The van der Waals surface area contributed by atoms with E-state index in [0.717, 1.165) is 17.0 Å². The first kappa shape index (κ1) is 10.7. The summed E-state index contributed by atoms with van der Waals surface area (Å²) in [5, 5.41) is 2.70. The topological polar surface area (TPSA) is 46.3 Å². The maximum Gasteiger partial charge on any atom is 0.215 e. The standard InChI is InChI=1S/C12H12N2OS/c13-11-6-12(16-8-11)14(9-15)7-10-4-2-1-3-5-10/h1-6,8-9H,7,13H2. The van der Waals surface area contributed by atoms with E-state index in [0.29, 0.717) is 12.2 Å². The van der Waals surface area contributed by atoms with Gasteiger partial charge in [0.2, 0.25) is 6.41 Å². The molecule has 1 heterocycles. The Morgan fingerprint density at radius 2 is 2.06 bits per heavy atom. The summed E-state index contributed by atoms with van der Waals surface area (Å²) in [7, 11) is 0. The fourth-order valence-corrected chi connectivity index (χ4v) is 2.21. The molecule has 0 aliphatic heterocycles. The molecule has 2 N–H and O–H groups in total. The Morgan fingerprint density at radius 1 is 1.31 bits per heavy atom. The van der Waals surface area contributed by atoms with Crippen molar-refractivity contribution in [3.05, 3.63) is 47.3 Å². The Balaban J connectivity index is 2.15. The van der Waals surface area contributed by atoms with E-state index in [4.69, 9.17) is 5.73 Å². The van der Waals surface area contributed by atoms with Gasteiger partial charge in [-0.1, -0.05) is 30.3 Å². The number of benzene rings is 1. The molecule has 82 valence electrons. The molecule has 0 saturated carbocycles. The summed E-state index contributed by atoms with van der Waals surface area (Å²) >= 11 is 1.47. The van der Waals surface area contributed by atoms with Crippen LogP contribution in [0.4, 0.5) is 10.7 Å². The third-order valence-electron chi connectivity index (χ3n) is 2.21. The van der Waals surface area contributed by atoms with E-state index in [2.05, 4.69) is 0 Å². The number of carbonyl (C=O) groups excluding carboxylic acids is 1. The Kier molecular flexibility index (Phi) is 3.22. The molecule has 0 unspecified atom stereocenters. The maximum absolute atomic E-state index is 11.0. The minimum absolute atomic E-state index is 0.574. The van der Waals surface area contributed by atoms with Crippen LogP contribution in [0.3, 0.4) is 0 Å². The molecule has 2 aromatic rings. The molecule has 0 fully saturated rings. The van der Waals surface area contributed by atoms with Crippen molar-refractivity contribution in [1.82, 2.24) is 0 Å². The van der Waals surface area contributed by atoms with E-state index in [1.807, 2.05) is 41.8 Å². The van der Waals surface area contributed by atoms with Gasteiger partial charge in [-0.15, -0.1) is 11.3 Å². The van der Waals surface area contributed by atoms with E-state index in [9.17, 15) is 4.79 Å².